The van der Waals surface area contributed by atoms with Gasteiger partial charge in [-0.05, 0) is 32.0 Å². The first-order valence-corrected chi connectivity index (χ1v) is 5.58. The van der Waals surface area contributed by atoms with Crippen LogP contribution in [0.3, 0.4) is 0 Å². The van der Waals surface area contributed by atoms with Gasteiger partial charge >= 0.3 is 0 Å². The molecular weight excluding hydrogens is 232 g/mol. The standard InChI is InChI=1S/C12H14N4O2/c1-9(2)18-11-5-3-4-10(6-11)12(17)15-16-7-13-14-8-16/h3-9H,1-2H3,(H,15,17). The molecule has 0 aliphatic carbocycles. The van der Waals surface area contributed by atoms with Gasteiger partial charge in [0, 0.05) is 5.56 Å². The summed E-state index contributed by atoms with van der Waals surface area (Å²) in [6.45, 7) is 3.87. The molecule has 1 amide bonds. The zero-order chi connectivity index (χ0) is 13.0. The van der Waals surface area contributed by atoms with Crippen LogP contribution in [-0.2, 0) is 0 Å². The number of amides is 1. The van der Waals surface area contributed by atoms with Crippen molar-refractivity contribution in [2.45, 2.75) is 20.0 Å². The molecule has 6 heteroatoms. The van der Waals surface area contributed by atoms with Crippen molar-refractivity contribution in [2.75, 3.05) is 5.43 Å². The van der Waals surface area contributed by atoms with E-state index in [1.165, 1.54) is 17.3 Å². The lowest BCUT2D eigenvalue weighted by atomic mass is 10.2. The Morgan fingerprint density at radius 2 is 2.06 bits per heavy atom. The van der Waals surface area contributed by atoms with Crippen LogP contribution < -0.4 is 10.2 Å². The third-order valence-electron chi connectivity index (χ3n) is 2.12. The lowest BCUT2D eigenvalue weighted by Gasteiger charge is -2.11. The third kappa shape index (κ3) is 3.07. The molecule has 2 rings (SSSR count). The van der Waals surface area contributed by atoms with E-state index in [1.807, 2.05) is 19.9 Å². The Morgan fingerprint density at radius 1 is 1.33 bits per heavy atom. The van der Waals surface area contributed by atoms with Gasteiger partial charge in [0.2, 0.25) is 0 Å². The lowest BCUT2D eigenvalue weighted by Crippen LogP contribution is -2.21. The van der Waals surface area contributed by atoms with Crippen molar-refractivity contribution in [1.29, 1.82) is 0 Å². The van der Waals surface area contributed by atoms with Crippen molar-refractivity contribution in [1.82, 2.24) is 14.9 Å². The van der Waals surface area contributed by atoms with E-state index in [9.17, 15) is 4.79 Å². The molecule has 1 aromatic carbocycles. The van der Waals surface area contributed by atoms with Crippen molar-refractivity contribution >= 4 is 5.91 Å². The number of carbonyl (C=O) groups excluding carboxylic acids is 1. The molecule has 2 aromatic rings. The second kappa shape index (κ2) is 5.31. The van der Waals surface area contributed by atoms with Crippen LogP contribution in [0.1, 0.15) is 24.2 Å². The Labute approximate surface area is 105 Å². The summed E-state index contributed by atoms with van der Waals surface area (Å²) in [7, 11) is 0. The van der Waals surface area contributed by atoms with Crippen molar-refractivity contribution in [2.24, 2.45) is 0 Å². The Balaban J connectivity index is 2.10. The molecule has 1 N–H and O–H groups in total. The largest absolute Gasteiger partial charge is 0.491 e. The highest BCUT2D eigenvalue weighted by Gasteiger charge is 2.07. The first-order chi connectivity index (χ1) is 8.65. The summed E-state index contributed by atoms with van der Waals surface area (Å²) in [4.78, 5) is 11.9. The van der Waals surface area contributed by atoms with Gasteiger partial charge in [-0.15, -0.1) is 10.2 Å². The highest BCUT2D eigenvalue weighted by Crippen LogP contribution is 2.14. The normalized spacial score (nSPS) is 10.4. The average Bonchev–Trinajstić information content (AvgIpc) is 2.81. The van der Waals surface area contributed by atoms with E-state index in [4.69, 9.17) is 4.74 Å². The lowest BCUT2D eigenvalue weighted by molar-refractivity contribution is 0.101. The van der Waals surface area contributed by atoms with E-state index in [2.05, 4.69) is 15.6 Å². The van der Waals surface area contributed by atoms with Crippen LogP contribution >= 0.6 is 0 Å². The van der Waals surface area contributed by atoms with Gasteiger partial charge in [-0.1, -0.05) is 6.07 Å². The first kappa shape index (κ1) is 12.1. The summed E-state index contributed by atoms with van der Waals surface area (Å²) in [6, 6.07) is 7.00. The summed E-state index contributed by atoms with van der Waals surface area (Å²) in [6.07, 6.45) is 2.89. The minimum Gasteiger partial charge on any atom is -0.491 e. The molecular formula is C12H14N4O2. The molecule has 0 saturated carbocycles. The van der Waals surface area contributed by atoms with E-state index in [-0.39, 0.29) is 12.0 Å². The molecule has 0 unspecified atom stereocenters. The van der Waals surface area contributed by atoms with Gasteiger partial charge in [-0.2, -0.15) is 0 Å². The smallest absolute Gasteiger partial charge is 0.270 e. The first-order valence-electron chi connectivity index (χ1n) is 5.58. The molecule has 0 saturated heterocycles. The molecule has 6 nitrogen and oxygen atoms in total. The van der Waals surface area contributed by atoms with Gasteiger partial charge in [-0.3, -0.25) is 10.2 Å². The van der Waals surface area contributed by atoms with Gasteiger partial charge in [0.1, 0.15) is 18.4 Å². The number of benzene rings is 1. The Bertz CT molecular complexity index is 523. The molecule has 0 fully saturated rings. The molecule has 0 spiro atoms. The number of aromatic nitrogens is 3. The minimum atomic E-state index is -0.246. The molecule has 1 heterocycles. The molecule has 0 radical (unpaired) electrons. The fourth-order valence-corrected chi connectivity index (χ4v) is 1.42. The Hall–Kier alpha value is -2.37. The molecule has 0 aliphatic heterocycles. The molecule has 18 heavy (non-hydrogen) atoms. The Morgan fingerprint density at radius 3 is 2.72 bits per heavy atom. The van der Waals surface area contributed by atoms with Crippen LogP contribution in [0, 0.1) is 0 Å². The van der Waals surface area contributed by atoms with E-state index in [1.54, 1.807) is 18.2 Å². The molecule has 0 aliphatic rings. The maximum absolute atomic E-state index is 11.9. The van der Waals surface area contributed by atoms with Crippen LogP contribution in [0.5, 0.6) is 5.75 Å². The maximum atomic E-state index is 11.9. The highest BCUT2D eigenvalue weighted by molar-refractivity contribution is 6.00. The maximum Gasteiger partial charge on any atom is 0.270 e. The van der Waals surface area contributed by atoms with Crippen LogP contribution in [0.2, 0.25) is 0 Å². The molecule has 94 valence electrons. The van der Waals surface area contributed by atoms with Crippen molar-refractivity contribution in [3.8, 4) is 5.75 Å². The van der Waals surface area contributed by atoms with Gasteiger partial charge in [0.05, 0.1) is 6.10 Å². The summed E-state index contributed by atoms with van der Waals surface area (Å²) in [5.41, 5.74) is 3.13. The topological polar surface area (TPSA) is 69.0 Å². The highest BCUT2D eigenvalue weighted by atomic mass is 16.5. The zero-order valence-electron chi connectivity index (χ0n) is 10.2. The number of rotatable bonds is 4. The van der Waals surface area contributed by atoms with Crippen LogP contribution in [0.25, 0.3) is 0 Å². The van der Waals surface area contributed by atoms with Crippen molar-refractivity contribution < 1.29 is 9.53 Å². The monoisotopic (exact) mass is 246 g/mol. The summed E-state index contributed by atoms with van der Waals surface area (Å²) in [5, 5.41) is 7.20. The summed E-state index contributed by atoms with van der Waals surface area (Å²) >= 11 is 0. The fraction of sp³-hybridized carbons (Fsp3) is 0.250. The van der Waals surface area contributed by atoms with Crippen molar-refractivity contribution in [3.05, 3.63) is 42.5 Å². The number of carbonyl (C=O) groups is 1. The van der Waals surface area contributed by atoms with Crippen LogP contribution in [0.4, 0.5) is 0 Å². The Kier molecular flexibility index (Phi) is 3.57. The number of nitrogens with one attached hydrogen (secondary N) is 1. The second-order valence-electron chi connectivity index (χ2n) is 4.00. The number of hydrogen-bond acceptors (Lipinski definition) is 4. The predicted octanol–water partition coefficient (Wildman–Crippen LogP) is 1.45. The van der Waals surface area contributed by atoms with E-state index < -0.39 is 0 Å². The summed E-state index contributed by atoms with van der Waals surface area (Å²) < 4.78 is 6.92. The van der Waals surface area contributed by atoms with Crippen LogP contribution in [-0.4, -0.2) is 26.9 Å². The van der Waals surface area contributed by atoms with E-state index in [0.717, 1.165) is 0 Å². The van der Waals surface area contributed by atoms with Gasteiger partial charge in [0.15, 0.2) is 0 Å². The fourth-order valence-electron chi connectivity index (χ4n) is 1.42. The van der Waals surface area contributed by atoms with Crippen molar-refractivity contribution in [3.63, 3.8) is 0 Å². The third-order valence-corrected chi connectivity index (χ3v) is 2.12. The van der Waals surface area contributed by atoms with Gasteiger partial charge in [-0.25, -0.2) is 4.68 Å². The molecule has 0 atom stereocenters. The average molecular weight is 246 g/mol. The van der Waals surface area contributed by atoms with E-state index in [0.29, 0.717) is 11.3 Å². The predicted molar refractivity (Wildman–Crippen MR) is 65.9 cm³/mol. The number of ether oxygens (including phenoxy) is 1. The zero-order valence-corrected chi connectivity index (χ0v) is 10.2. The minimum absolute atomic E-state index is 0.0705. The molecule has 0 bridgehead atoms. The van der Waals surface area contributed by atoms with Gasteiger partial charge < -0.3 is 4.74 Å². The number of nitrogens with zero attached hydrogens (tertiary/aromatic N) is 3. The van der Waals surface area contributed by atoms with E-state index >= 15 is 0 Å². The number of hydrogen-bond donors (Lipinski definition) is 1. The summed E-state index contributed by atoms with van der Waals surface area (Å²) in [5.74, 6) is 0.422. The van der Waals surface area contributed by atoms with Crippen LogP contribution in [0.15, 0.2) is 36.9 Å². The molecule has 1 aromatic heterocycles. The second-order valence-corrected chi connectivity index (χ2v) is 4.00. The SMILES string of the molecule is CC(C)Oc1cccc(C(=O)Nn2cnnc2)c1. The quantitative estimate of drug-likeness (QED) is 0.886. The van der Waals surface area contributed by atoms with Gasteiger partial charge in [0.25, 0.3) is 5.91 Å².